The fraction of sp³-hybridized carbons (Fsp3) is 0.200. The summed E-state index contributed by atoms with van der Waals surface area (Å²) in [6, 6.07) is 15.2. The molecule has 1 heterocycles. The first kappa shape index (κ1) is 17.8. The summed E-state index contributed by atoms with van der Waals surface area (Å²) in [5, 5.41) is 17.8. The van der Waals surface area contributed by atoms with Gasteiger partial charge in [0.05, 0.1) is 16.3 Å². The molecule has 0 aliphatic heterocycles. The minimum absolute atomic E-state index is 0.383. The van der Waals surface area contributed by atoms with Crippen LogP contribution >= 0.6 is 11.6 Å². The summed E-state index contributed by atoms with van der Waals surface area (Å²) in [6.45, 7) is 3.95. The standard InChI is InChI=1S/C20H17ClN4O/c1-3-15-17(11-10-14(12-22)18(15)21)23-16(4-2)20-25-24-19(26-20)13-8-6-5-7-9-13/h5-11H,3-4H2,1-2H3. The Hall–Kier alpha value is -2.97. The molecule has 0 aliphatic carbocycles. The van der Waals surface area contributed by atoms with Crippen molar-refractivity contribution in [3.05, 3.63) is 64.5 Å². The van der Waals surface area contributed by atoms with E-state index in [2.05, 4.69) is 21.3 Å². The lowest BCUT2D eigenvalue weighted by molar-refractivity contribution is 0.556. The van der Waals surface area contributed by atoms with E-state index >= 15 is 0 Å². The number of hydrogen-bond donors (Lipinski definition) is 0. The van der Waals surface area contributed by atoms with Crippen molar-refractivity contribution in [3.63, 3.8) is 0 Å². The number of aromatic nitrogens is 2. The minimum atomic E-state index is 0.383. The molecule has 0 saturated carbocycles. The molecule has 0 spiro atoms. The number of aliphatic imine (C=N–C) groups is 1. The van der Waals surface area contributed by atoms with Crippen LogP contribution in [0.3, 0.4) is 0 Å². The van der Waals surface area contributed by atoms with Crippen molar-refractivity contribution in [2.45, 2.75) is 26.7 Å². The van der Waals surface area contributed by atoms with Crippen LogP contribution in [0.15, 0.2) is 51.9 Å². The Balaban J connectivity index is 2.01. The lowest BCUT2D eigenvalue weighted by atomic mass is 10.1. The first-order valence-electron chi connectivity index (χ1n) is 8.36. The molecule has 0 unspecified atom stereocenters. The number of halogens is 1. The molecule has 26 heavy (non-hydrogen) atoms. The van der Waals surface area contributed by atoms with E-state index in [1.165, 1.54) is 0 Å². The minimum Gasteiger partial charge on any atom is -0.415 e. The highest BCUT2D eigenvalue weighted by Gasteiger charge is 2.15. The third-order valence-electron chi connectivity index (χ3n) is 3.98. The van der Waals surface area contributed by atoms with E-state index in [4.69, 9.17) is 21.3 Å². The van der Waals surface area contributed by atoms with E-state index in [0.717, 1.165) is 11.1 Å². The molecule has 1 aromatic heterocycles. The fourth-order valence-electron chi connectivity index (χ4n) is 2.60. The Morgan fingerprint density at radius 3 is 2.58 bits per heavy atom. The third-order valence-corrected chi connectivity index (χ3v) is 4.41. The maximum atomic E-state index is 9.14. The summed E-state index contributed by atoms with van der Waals surface area (Å²) in [7, 11) is 0. The average molecular weight is 365 g/mol. The highest BCUT2D eigenvalue weighted by atomic mass is 35.5. The van der Waals surface area contributed by atoms with Crippen LogP contribution in [0.1, 0.15) is 37.3 Å². The van der Waals surface area contributed by atoms with E-state index in [-0.39, 0.29) is 0 Å². The van der Waals surface area contributed by atoms with Gasteiger partial charge in [0, 0.05) is 5.56 Å². The van der Waals surface area contributed by atoms with E-state index < -0.39 is 0 Å². The third kappa shape index (κ3) is 3.51. The summed E-state index contributed by atoms with van der Waals surface area (Å²) in [5.41, 5.74) is 3.53. The molecule has 0 atom stereocenters. The van der Waals surface area contributed by atoms with Gasteiger partial charge in [0.25, 0.3) is 5.89 Å². The lowest BCUT2D eigenvalue weighted by Crippen LogP contribution is -2.00. The average Bonchev–Trinajstić information content (AvgIpc) is 3.17. The van der Waals surface area contributed by atoms with Crippen LogP contribution in [-0.2, 0) is 6.42 Å². The zero-order chi connectivity index (χ0) is 18.5. The molecule has 5 nitrogen and oxygen atoms in total. The molecule has 3 rings (SSSR count). The van der Waals surface area contributed by atoms with Gasteiger partial charge in [0.1, 0.15) is 11.8 Å². The van der Waals surface area contributed by atoms with Gasteiger partial charge in [-0.2, -0.15) is 5.26 Å². The first-order chi connectivity index (χ1) is 12.7. The van der Waals surface area contributed by atoms with Crippen molar-refractivity contribution in [1.82, 2.24) is 10.2 Å². The predicted molar refractivity (Wildman–Crippen MR) is 102 cm³/mol. The molecule has 6 heteroatoms. The second-order valence-electron chi connectivity index (χ2n) is 5.58. The molecule has 0 amide bonds. The maximum Gasteiger partial charge on any atom is 0.262 e. The Morgan fingerprint density at radius 2 is 1.92 bits per heavy atom. The first-order valence-corrected chi connectivity index (χ1v) is 8.74. The SMILES string of the molecule is CCC(=Nc1ccc(C#N)c(Cl)c1CC)c1nnc(-c2ccccc2)o1. The number of hydrogen-bond acceptors (Lipinski definition) is 5. The zero-order valence-electron chi connectivity index (χ0n) is 14.5. The van der Waals surface area contributed by atoms with Crippen molar-refractivity contribution < 1.29 is 4.42 Å². The van der Waals surface area contributed by atoms with Gasteiger partial charge in [0.15, 0.2) is 0 Å². The van der Waals surface area contributed by atoms with Crippen molar-refractivity contribution in [2.75, 3.05) is 0 Å². The van der Waals surface area contributed by atoms with Crippen LogP contribution in [0.2, 0.25) is 5.02 Å². The predicted octanol–water partition coefficient (Wildman–Crippen LogP) is 5.35. The molecule has 0 aliphatic rings. The summed E-state index contributed by atoms with van der Waals surface area (Å²) in [6.07, 6.45) is 1.29. The van der Waals surface area contributed by atoms with Gasteiger partial charge in [-0.1, -0.05) is 43.6 Å². The van der Waals surface area contributed by atoms with E-state index in [9.17, 15) is 0 Å². The van der Waals surface area contributed by atoms with Gasteiger partial charge in [-0.05, 0) is 42.7 Å². The van der Waals surface area contributed by atoms with Crippen molar-refractivity contribution in [2.24, 2.45) is 4.99 Å². The number of benzene rings is 2. The van der Waals surface area contributed by atoms with E-state index in [1.54, 1.807) is 12.1 Å². The van der Waals surface area contributed by atoms with Crippen molar-refractivity contribution >= 4 is 23.0 Å². The van der Waals surface area contributed by atoms with E-state index in [0.29, 0.717) is 46.6 Å². The van der Waals surface area contributed by atoms with E-state index in [1.807, 2.05) is 44.2 Å². The molecular formula is C20H17ClN4O. The van der Waals surface area contributed by atoms with Crippen molar-refractivity contribution in [1.29, 1.82) is 5.26 Å². The molecule has 0 fully saturated rings. The topological polar surface area (TPSA) is 75.1 Å². The molecule has 0 N–H and O–H groups in total. The highest BCUT2D eigenvalue weighted by Crippen LogP contribution is 2.31. The maximum absolute atomic E-state index is 9.14. The Bertz CT molecular complexity index is 987. The van der Waals surface area contributed by atoms with Crippen LogP contribution in [0, 0.1) is 11.3 Å². The monoisotopic (exact) mass is 364 g/mol. The summed E-state index contributed by atoms with van der Waals surface area (Å²) < 4.78 is 5.81. The summed E-state index contributed by atoms with van der Waals surface area (Å²) in [5.74, 6) is 0.837. The van der Waals surface area contributed by atoms with Gasteiger partial charge in [-0.3, -0.25) is 0 Å². The zero-order valence-corrected chi connectivity index (χ0v) is 15.3. The normalized spacial score (nSPS) is 11.4. The molecule has 2 aromatic carbocycles. The number of rotatable bonds is 5. The number of nitriles is 1. The molecule has 0 radical (unpaired) electrons. The quantitative estimate of drug-likeness (QED) is 0.571. The summed E-state index contributed by atoms with van der Waals surface area (Å²) >= 11 is 6.33. The van der Waals surface area contributed by atoms with Gasteiger partial charge < -0.3 is 4.42 Å². The van der Waals surface area contributed by atoms with Crippen LogP contribution in [0.5, 0.6) is 0 Å². The van der Waals surface area contributed by atoms with Crippen LogP contribution < -0.4 is 0 Å². The van der Waals surface area contributed by atoms with Gasteiger partial charge in [-0.15, -0.1) is 10.2 Å². The Labute approximate surface area is 157 Å². The van der Waals surface area contributed by atoms with Crippen molar-refractivity contribution in [3.8, 4) is 17.5 Å². The van der Waals surface area contributed by atoms with Crippen LogP contribution in [0.25, 0.3) is 11.5 Å². The molecule has 0 bridgehead atoms. The number of nitrogens with zero attached hydrogens (tertiary/aromatic N) is 4. The molecule has 3 aromatic rings. The second kappa shape index (κ2) is 7.94. The Kier molecular flexibility index (Phi) is 5.45. The molecule has 130 valence electrons. The smallest absolute Gasteiger partial charge is 0.262 e. The van der Waals surface area contributed by atoms with Crippen LogP contribution in [0.4, 0.5) is 5.69 Å². The highest BCUT2D eigenvalue weighted by molar-refractivity contribution is 6.33. The van der Waals surface area contributed by atoms with Gasteiger partial charge >= 0.3 is 0 Å². The molecular weight excluding hydrogens is 348 g/mol. The van der Waals surface area contributed by atoms with Gasteiger partial charge in [-0.25, -0.2) is 4.99 Å². The van der Waals surface area contributed by atoms with Gasteiger partial charge in [0.2, 0.25) is 5.89 Å². The van der Waals surface area contributed by atoms with Crippen LogP contribution in [-0.4, -0.2) is 15.9 Å². The Morgan fingerprint density at radius 1 is 1.15 bits per heavy atom. The lowest BCUT2D eigenvalue weighted by Gasteiger charge is -2.08. The second-order valence-corrected chi connectivity index (χ2v) is 5.96. The summed E-state index contributed by atoms with van der Waals surface area (Å²) in [4.78, 5) is 4.69. The fourth-order valence-corrected chi connectivity index (χ4v) is 2.93. The largest absolute Gasteiger partial charge is 0.415 e. The molecule has 0 saturated heterocycles.